The summed E-state index contributed by atoms with van der Waals surface area (Å²) in [5.74, 6) is 0.243. The first-order chi connectivity index (χ1) is 17.3. The Morgan fingerprint density at radius 3 is 1.71 bits per heavy atom. The molecule has 0 unspecified atom stereocenters. The Morgan fingerprint density at radius 1 is 0.600 bits per heavy atom. The molecule has 176 valence electrons. The number of benzene rings is 1. The minimum Gasteiger partial charge on any atom is -0.507 e. The van der Waals surface area contributed by atoms with Gasteiger partial charge in [-0.2, -0.15) is 0 Å². The lowest BCUT2D eigenvalue weighted by molar-refractivity contribution is 0.474. The molecule has 7 nitrogen and oxygen atoms in total. The number of aromatic nitrogens is 3. The van der Waals surface area contributed by atoms with E-state index in [-0.39, 0.29) is 5.75 Å². The van der Waals surface area contributed by atoms with E-state index in [1.54, 1.807) is 49.4 Å². The number of aromatic hydroxyl groups is 1. The van der Waals surface area contributed by atoms with Crippen LogP contribution in [0, 0.1) is 0 Å². The van der Waals surface area contributed by atoms with Crippen LogP contribution < -0.4 is 0 Å². The zero-order valence-corrected chi connectivity index (χ0v) is 19.4. The fraction of sp³-hybridized carbons (Fsp3) is 0.143. The van der Waals surface area contributed by atoms with Crippen molar-refractivity contribution in [1.82, 2.24) is 15.0 Å². The van der Waals surface area contributed by atoms with Crippen LogP contribution >= 0.6 is 0 Å². The molecule has 0 spiro atoms. The minimum atomic E-state index is 0.243. The zero-order valence-electron chi connectivity index (χ0n) is 19.4. The van der Waals surface area contributed by atoms with Crippen molar-refractivity contribution in [3.05, 3.63) is 120 Å². The average Bonchev–Trinajstić information content (AvgIpc) is 2.91. The van der Waals surface area contributed by atoms with Gasteiger partial charge >= 0.3 is 0 Å². The topological polar surface area (TPSA) is 96.0 Å². The van der Waals surface area contributed by atoms with E-state index in [0.717, 1.165) is 42.2 Å². The van der Waals surface area contributed by atoms with Crippen molar-refractivity contribution >= 4 is 18.6 Å². The van der Waals surface area contributed by atoms with Gasteiger partial charge in [0.25, 0.3) is 0 Å². The second-order valence-electron chi connectivity index (χ2n) is 7.28. The maximum Gasteiger partial charge on any atom is 0.124 e. The summed E-state index contributed by atoms with van der Waals surface area (Å²) in [6.07, 6.45) is 11.4. The Hall–Kier alpha value is -4.52. The van der Waals surface area contributed by atoms with Crippen molar-refractivity contribution in [2.24, 2.45) is 15.0 Å². The molecule has 0 aliphatic heterocycles. The lowest BCUT2D eigenvalue weighted by Gasteiger charge is -1.97. The van der Waals surface area contributed by atoms with Crippen LogP contribution in [-0.4, -0.2) is 51.8 Å². The van der Waals surface area contributed by atoms with Crippen LogP contribution in [0.1, 0.15) is 29.1 Å². The highest BCUT2D eigenvalue weighted by molar-refractivity contribution is 5.83. The quantitative estimate of drug-likeness (QED) is 0.284. The Kier molecular flexibility index (Phi) is 11.0. The van der Waals surface area contributed by atoms with Crippen molar-refractivity contribution in [1.29, 1.82) is 0 Å². The highest BCUT2D eigenvalue weighted by atomic mass is 16.3. The summed E-state index contributed by atoms with van der Waals surface area (Å²) >= 11 is 0. The summed E-state index contributed by atoms with van der Waals surface area (Å²) in [6, 6.07) is 24.4. The molecule has 0 saturated heterocycles. The first-order valence-electron chi connectivity index (χ1n) is 11.3. The summed E-state index contributed by atoms with van der Waals surface area (Å²) in [5, 5.41) is 9.50. The second-order valence-corrected chi connectivity index (χ2v) is 7.28. The number of phenols is 1. The average molecular weight is 465 g/mol. The molecule has 3 heterocycles. The normalized spacial score (nSPS) is 11.1. The molecule has 0 atom stereocenters. The number of pyridine rings is 3. The molecule has 1 N–H and O–H groups in total. The number of rotatable bonds is 9. The van der Waals surface area contributed by atoms with Crippen molar-refractivity contribution in [3.8, 4) is 5.75 Å². The molecular weight excluding hydrogens is 436 g/mol. The third-order valence-corrected chi connectivity index (χ3v) is 4.54. The van der Waals surface area contributed by atoms with Gasteiger partial charge in [0.05, 0.1) is 23.6 Å². The zero-order chi connectivity index (χ0) is 24.4. The molecular formula is C28H28N6O. The van der Waals surface area contributed by atoms with Gasteiger partial charge in [0.1, 0.15) is 5.75 Å². The Balaban J connectivity index is 0.000000198. The van der Waals surface area contributed by atoms with Gasteiger partial charge in [0.2, 0.25) is 0 Å². The predicted molar refractivity (Wildman–Crippen MR) is 142 cm³/mol. The van der Waals surface area contributed by atoms with E-state index in [1.807, 2.05) is 66.7 Å². The van der Waals surface area contributed by atoms with Crippen molar-refractivity contribution in [2.45, 2.75) is 13.0 Å². The van der Waals surface area contributed by atoms with Gasteiger partial charge in [0, 0.05) is 55.9 Å². The van der Waals surface area contributed by atoms with Gasteiger partial charge in [-0.25, -0.2) is 0 Å². The number of hydrogen-bond donors (Lipinski definition) is 1. The smallest absolute Gasteiger partial charge is 0.124 e. The third kappa shape index (κ3) is 10.3. The summed E-state index contributed by atoms with van der Waals surface area (Å²) in [7, 11) is 0. The monoisotopic (exact) mass is 464 g/mol. The fourth-order valence-electron chi connectivity index (χ4n) is 2.80. The molecule has 1 aromatic carbocycles. The molecule has 0 radical (unpaired) electrons. The van der Waals surface area contributed by atoms with E-state index < -0.39 is 0 Å². The van der Waals surface area contributed by atoms with Crippen molar-refractivity contribution in [3.63, 3.8) is 0 Å². The first kappa shape index (κ1) is 25.1. The van der Waals surface area contributed by atoms with Gasteiger partial charge in [-0.15, -0.1) is 0 Å². The number of phenolic OH excluding ortho intramolecular Hbond substituents is 1. The van der Waals surface area contributed by atoms with Crippen molar-refractivity contribution in [2.75, 3.05) is 13.1 Å². The molecule has 4 rings (SSSR count). The number of aliphatic imine (C=N–C) groups is 3. The van der Waals surface area contributed by atoms with E-state index in [9.17, 15) is 5.11 Å². The molecule has 0 aliphatic rings. The Morgan fingerprint density at radius 2 is 1.17 bits per heavy atom. The lowest BCUT2D eigenvalue weighted by Crippen LogP contribution is -1.91. The fourth-order valence-corrected chi connectivity index (χ4v) is 2.80. The summed E-state index contributed by atoms with van der Waals surface area (Å²) < 4.78 is 0. The molecule has 35 heavy (non-hydrogen) atoms. The largest absolute Gasteiger partial charge is 0.507 e. The van der Waals surface area contributed by atoms with E-state index in [2.05, 4.69) is 29.9 Å². The van der Waals surface area contributed by atoms with E-state index >= 15 is 0 Å². The molecule has 0 saturated carbocycles. The van der Waals surface area contributed by atoms with Crippen LogP contribution in [0.3, 0.4) is 0 Å². The highest BCUT2D eigenvalue weighted by Crippen LogP contribution is 2.12. The lowest BCUT2D eigenvalue weighted by atomic mass is 10.2. The van der Waals surface area contributed by atoms with Crippen LogP contribution in [0.15, 0.2) is 112 Å². The SMILES string of the molecule is C(=NCCCN=Cc1ccccn1)c1ccccn1.Oc1ccccc1C=NCc1ccccn1. The van der Waals surface area contributed by atoms with Crippen LogP contribution in [0.25, 0.3) is 0 Å². The minimum absolute atomic E-state index is 0.243. The second kappa shape index (κ2) is 15.3. The van der Waals surface area contributed by atoms with E-state index in [4.69, 9.17) is 0 Å². The molecule has 7 heteroatoms. The summed E-state index contributed by atoms with van der Waals surface area (Å²) in [6.45, 7) is 2.04. The Labute approximate surface area is 205 Å². The van der Waals surface area contributed by atoms with Gasteiger partial charge in [-0.3, -0.25) is 29.9 Å². The van der Waals surface area contributed by atoms with Crippen LogP contribution in [0.5, 0.6) is 5.75 Å². The number of nitrogens with zero attached hydrogens (tertiary/aromatic N) is 6. The predicted octanol–water partition coefficient (Wildman–Crippen LogP) is 4.81. The van der Waals surface area contributed by atoms with Crippen molar-refractivity contribution < 1.29 is 5.11 Å². The standard InChI is InChI=1S/C15H16N4.C13H12N2O/c1-3-10-18-14(6-1)12-16-8-5-9-17-13-15-7-2-4-11-19-15;16-13-7-2-1-5-11(13)9-14-10-12-6-3-4-8-15-12/h1-4,6-7,10-13H,5,8-9H2;1-9,16H,10H2. The molecule has 4 aromatic rings. The van der Waals surface area contributed by atoms with E-state index in [0.29, 0.717) is 6.54 Å². The highest BCUT2D eigenvalue weighted by Gasteiger charge is 1.94. The van der Waals surface area contributed by atoms with Crippen LogP contribution in [-0.2, 0) is 6.54 Å². The van der Waals surface area contributed by atoms with Gasteiger partial charge in [-0.1, -0.05) is 30.3 Å². The number of para-hydroxylation sites is 1. The molecule has 3 aromatic heterocycles. The molecule has 0 fully saturated rings. The number of hydrogen-bond acceptors (Lipinski definition) is 7. The maximum absolute atomic E-state index is 9.50. The third-order valence-electron chi connectivity index (χ3n) is 4.54. The van der Waals surface area contributed by atoms with E-state index in [1.165, 1.54) is 0 Å². The van der Waals surface area contributed by atoms with Gasteiger partial charge in [0.15, 0.2) is 0 Å². The van der Waals surface area contributed by atoms with Crippen LogP contribution in [0.2, 0.25) is 0 Å². The molecule has 0 aliphatic carbocycles. The summed E-state index contributed by atoms with van der Waals surface area (Å²) in [5.41, 5.74) is 3.41. The van der Waals surface area contributed by atoms with Gasteiger partial charge in [-0.05, 0) is 55.0 Å². The van der Waals surface area contributed by atoms with Gasteiger partial charge < -0.3 is 5.11 Å². The molecule has 0 bridgehead atoms. The first-order valence-corrected chi connectivity index (χ1v) is 11.3. The maximum atomic E-state index is 9.50. The Bertz CT molecular complexity index is 1150. The van der Waals surface area contributed by atoms with Crippen LogP contribution in [0.4, 0.5) is 0 Å². The molecule has 0 amide bonds. The summed E-state index contributed by atoms with van der Waals surface area (Å²) in [4.78, 5) is 25.3.